The number of hydrogen-bond donors (Lipinski definition) is 0. The first-order valence-electron chi connectivity index (χ1n) is 6.68. The summed E-state index contributed by atoms with van der Waals surface area (Å²) >= 11 is 6.05. The Bertz CT molecular complexity index is 778. The van der Waals surface area contributed by atoms with Crippen LogP contribution in [0.1, 0.15) is 10.4 Å². The second-order valence-corrected chi connectivity index (χ2v) is 4.97. The van der Waals surface area contributed by atoms with Gasteiger partial charge < -0.3 is 0 Å². The molecule has 0 aliphatic carbocycles. The summed E-state index contributed by atoms with van der Waals surface area (Å²) in [6.45, 7) is 0. The van der Waals surface area contributed by atoms with E-state index in [0.29, 0.717) is 22.2 Å². The quantitative estimate of drug-likeness (QED) is 0.731. The fraction of sp³-hybridized carbons (Fsp3) is 0. The molecule has 3 rings (SSSR count). The second-order valence-electron chi connectivity index (χ2n) is 4.54. The van der Waals surface area contributed by atoms with Crippen molar-refractivity contribution in [2.24, 2.45) is 0 Å². The Morgan fingerprint density at radius 3 is 2.32 bits per heavy atom. The summed E-state index contributed by atoms with van der Waals surface area (Å²) in [6, 6.07) is 17.7. The van der Waals surface area contributed by atoms with Crippen LogP contribution < -0.4 is 4.90 Å². The monoisotopic (exact) mass is 309 g/mol. The van der Waals surface area contributed by atoms with Crippen molar-refractivity contribution >= 4 is 29.1 Å². The highest BCUT2D eigenvalue weighted by molar-refractivity contribution is 6.31. The smallest absolute Gasteiger partial charge is 0.265 e. The molecule has 0 saturated heterocycles. The lowest BCUT2D eigenvalue weighted by atomic mass is 10.2. The highest BCUT2D eigenvalue weighted by Gasteiger charge is 2.21. The standard InChI is InChI=1S/C17H12ClN3O/c18-14-8-4-9-15(12-14)21(17-19-10-5-11-20-17)16(22)13-6-2-1-3-7-13/h1-12H. The van der Waals surface area contributed by atoms with Crippen LogP contribution in [-0.2, 0) is 0 Å². The van der Waals surface area contributed by atoms with Crippen molar-refractivity contribution < 1.29 is 4.79 Å². The predicted molar refractivity (Wildman–Crippen MR) is 86.4 cm³/mol. The topological polar surface area (TPSA) is 46.1 Å². The van der Waals surface area contributed by atoms with Gasteiger partial charge in [-0.3, -0.25) is 4.79 Å². The SMILES string of the molecule is O=C(c1ccccc1)N(c1cccc(Cl)c1)c1ncccn1. The zero-order chi connectivity index (χ0) is 15.4. The molecule has 0 unspecified atom stereocenters. The maximum atomic E-state index is 12.9. The molecule has 108 valence electrons. The molecular formula is C17H12ClN3O. The van der Waals surface area contributed by atoms with Crippen molar-refractivity contribution in [2.75, 3.05) is 4.90 Å². The number of carbonyl (C=O) groups is 1. The molecule has 0 atom stereocenters. The summed E-state index contributed by atoms with van der Waals surface area (Å²) in [6.07, 6.45) is 3.19. The molecule has 0 fully saturated rings. The summed E-state index contributed by atoms with van der Waals surface area (Å²) in [5.41, 5.74) is 1.17. The molecule has 0 N–H and O–H groups in total. The largest absolute Gasteiger partial charge is 0.268 e. The van der Waals surface area contributed by atoms with Gasteiger partial charge in [-0.05, 0) is 36.4 Å². The van der Waals surface area contributed by atoms with Crippen LogP contribution in [0.25, 0.3) is 0 Å². The number of anilines is 2. The van der Waals surface area contributed by atoms with Gasteiger partial charge in [0.25, 0.3) is 5.91 Å². The van der Waals surface area contributed by atoms with E-state index in [1.807, 2.05) is 18.2 Å². The van der Waals surface area contributed by atoms with Gasteiger partial charge in [-0.2, -0.15) is 0 Å². The Labute approximate surface area is 133 Å². The van der Waals surface area contributed by atoms with Crippen LogP contribution in [-0.4, -0.2) is 15.9 Å². The molecular weight excluding hydrogens is 298 g/mol. The van der Waals surface area contributed by atoms with Crippen LogP contribution in [0.15, 0.2) is 73.1 Å². The second kappa shape index (κ2) is 6.37. The lowest BCUT2D eigenvalue weighted by molar-refractivity contribution is 0.0998. The average Bonchev–Trinajstić information content (AvgIpc) is 2.57. The molecule has 3 aromatic rings. The van der Waals surface area contributed by atoms with E-state index in [-0.39, 0.29) is 5.91 Å². The number of benzene rings is 2. The Kier molecular flexibility index (Phi) is 4.12. The predicted octanol–water partition coefficient (Wildman–Crippen LogP) is 4.11. The van der Waals surface area contributed by atoms with Gasteiger partial charge in [-0.15, -0.1) is 0 Å². The van der Waals surface area contributed by atoms with Crippen LogP contribution >= 0.6 is 11.6 Å². The Balaban J connectivity index is 2.10. The van der Waals surface area contributed by atoms with E-state index in [4.69, 9.17) is 11.6 Å². The molecule has 0 spiro atoms. The van der Waals surface area contributed by atoms with Gasteiger partial charge in [0.15, 0.2) is 0 Å². The van der Waals surface area contributed by atoms with Crippen molar-refractivity contribution in [3.8, 4) is 0 Å². The fourth-order valence-corrected chi connectivity index (χ4v) is 2.24. The van der Waals surface area contributed by atoms with Crippen molar-refractivity contribution in [1.29, 1.82) is 0 Å². The number of nitrogens with zero attached hydrogens (tertiary/aromatic N) is 3. The van der Waals surface area contributed by atoms with E-state index in [2.05, 4.69) is 9.97 Å². The van der Waals surface area contributed by atoms with Crippen molar-refractivity contribution in [1.82, 2.24) is 9.97 Å². The number of carbonyl (C=O) groups excluding carboxylic acids is 1. The van der Waals surface area contributed by atoms with Crippen molar-refractivity contribution in [2.45, 2.75) is 0 Å². The lowest BCUT2D eigenvalue weighted by Crippen LogP contribution is -2.27. The summed E-state index contributed by atoms with van der Waals surface area (Å²) in [4.78, 5) is 22.7. The molecule has 4 nitrogen and oxygen atoms in total. The van der Waals surface area contributed by atoms with Gasteiger partial charge in [-0.1, -0.05) is 35.9 Å². The minimum absolute atomic E-state index is 0.214. The number of aromatic nitrogens is 2. The first-order chi connectivity index (χ1) is 10.8. The lowest BCUT2D eigenvalue weighted by Gasteiger charge is -2.20. The van der Waals surface area contributed by atoms with Gasteiger partial charge in [0.2, 0.25) is 5.95 Å². The van der Waals surface area contributed by atoms with Crippen LogP contribution in [0, 0.1) is 0 Å². The van der Waals surface area contributed by atoms with E-state index < -0.39 is 0 Å². The van der Waals surface area contributed by atoms with Gasteiger partial charge in [-0.25, -0.2) is 14.9 Å². The van der Waals surface area contributed by atoms with Gasteiger partial charge in [0, 0.05) is 23.0 Å². The third-order valence-electron chi connectivity index (χ3n) is 3.04. The summed E-state index contributed by atoms with van der Waals surface area (Å²) < 4.78 is 0. The molecule has 5 heteroatoms. The molecule has 0 radical (unpaired) electrons. The van der Waals surface area contributed by atoms with Gasteiger partial charge in [0.1, 0.15) is 0 Å². The maximum absolute atomic E-state index is 12.9. The zero-order valence-corrected chi connectivity index (χ0v) is 12.3. The molecule has 0 aliphatic rings. The molecule has 1 heterocycles. The number of hydrogen-bond acceptors (Lipinski definition) is 3. The molecule has 1 amide bonds. The van der Waals surface area contributed by atoms with Crippen LogP contribution in [0.5, 0.6) is 0 Å². The Morgan fingerprint density at radius 1 is 0.909 bits per heavy atom. The first-order valence-corrected chi connectivity index (χ1v) is 7.05. The highest BCUT2D eigenvalue weighted by atomic mass is 35.5. The van der Waals surface area contributed by atoms with E-state index in [9.17, 15) is 4.79 Å². The third kappa shape index (κ3) is 2.97. The number of halogens is 1. The van der Waals surface area contributed by atoms with Gasteiger partial charge in [0.05, 0.1) is 5.69 Å². The minimum Gasteiger partial charge on any atom is -0.268 e. The highest BCUT2D eigenvalue weighted by Crippen LogP contribution is 2.26. The summed E-state index contributed by atoms with van der Waals surface area (Å²) in [7, 11) is 0. The summed E-state index contributed by atoms with van der Waals surface area (Å²) in [5, 5.41) is 0.541. The van der Waals surface area contributed by atoms with Crippen molar-refractivity contribution in [3.63, 3.8) is 0 Å². The number of amides is 1. The number of rotatable bonds is 3. The van der Waals surface area contributed by atoms with E-state index >= 15 is 0 Å². The van der Waals surface area contributed by atoms with Crippen LogP contribution in [0.2, 0.25) is 5.02 Å². The summed E-state index contributed by atoms with van der Waals surface area (Å²) in [5.74, 6) is 0.0905. The molecule has 2 aromatic carbocycles. The third-order valence-corrected chi connectivity index (χ3v) is 3.28. The van der Waals surface area contributed by atoms with E-state index in [0.717, 1.165) is 0 Å². The zero-order valence-electron chi connectivity index (χ0n) is 11.6. The molecule has 0 aliphatic heterocycles. The Hall–Kier alpha value is -2.72. The molecule has 22 heavy (non-hydrogen) atoms. The molecule has 1 aromatic heterocycles. The fourth-order valence-electron chi connectivity index (χ4n) is 2.06. The molecule has 0 saturated carbocycles. The Morgan fingerprint density at radius 2 is 1.64 bits per heavy atom. The maximum Gasteiger partial charge on any atom is 0.265 e. The van der Waals surface area contributed by atoms with Crippen LogP contribution in [0.4, 0.5) is 11.6 Å². The van der Waals surface area contributed by atoms with Crippen molar-refractivity contribution in [3.05, 3.63) is 83.6 Å². The van der Waals surface area contributed by atoms with E-state index in [1.54, 1.807) is 54.9 Å². The molecule has 0 bridgehead atoms. The van der Waals surface area contributed by atoms with Crippen LogP contribution in [0.3, 0.4) is 0 Å². The average molecular weight is 310 g/mol. The normalized spacial score (nSPS) is 10.2. The van der Waals surface area contributed by atoms with Gasteiger partial charge >= 0.3 is 0 Å². The first kappa shape index (κ1) is 14.2. The van der Waals surface area contributed by atoms with E-state index in [1.165, 1.54) is 4.90 Å². The minimum atomic E-state index is -0.214.